The standard InChI is InChI=1S/C13H18FNO2/c1-4-9(5-2)15(3)12-10(13(16)17)7-6-8-11(12)14/h6-9H,4-5H2,1-3H3,(H,16,17). The number of hydrogen-bond acceptors (Lipinski definition) is 2. The van der Waals surface area contributed by atoms with Crippen LogP contribution in [0.15, 0.2) is 18.2 Å². The van der Waals surface area contributed by atoms with E-state index in [4.69, 9.17) is 5.11 Å². The topological polar surface area (TPSA) is 40.5 Å². The van der Waals surface area contributed by atoms with Crippen molar-refractivity contribution in [3.05, 3.63) is 29.6 Å². The zero-order valence-corrected chi connectivity index (χ0v) is 10.4. The average Bonchev–Trinajstić information content (AvgIpc) is 2.29. The van der Waals surface area contributed by atoms with E-state index >= 15 is 0 Å². The van der Waals surface area contributed by atoms with Gasteiger partial charge in [0.1, 0.15) is 5.82 Å². The van der Waals surface area contributed by atoms with E-state index < -0.39 is 11.8 Å². The summed E-state index contributed by atoms with van der Waals surface area (Å²) in [6, 6.07) is 4.29. The summed E-state index contributed by atoms with van der Waals surface area (Å²) in [4.78, 5) is 12.8. The minimum atomic E-state index is -1.10. The molecule has 3 nitrogen and oxygen atoms in total. The van der Waals surface area contributed by atoms with Crippen molar-refractivity contribution in [1.82, 2.24) is 0 Å². The first-order valence-electron chi connectivity index (χ1n) is 5.77. The summed E-state index contributed by atoms with van der Waals surface area (Å²) in [7, 11) is 1.74. The molecule has 1 aromatic carbocycles. The molecule has 0 aromatic heterocycles. The van der Waals surface area contributed by atoms with E-state index in [9.17, 15) is 9.18 Å². The van der Waals surface area contributed by atoms with E-state index in [-0.39, 0.29) is 17.3 Å². The normalized spacial score (nSPS) is 10.6. The van der Waals surface area contributed by atoms with Gasteiger partial charge in [0, 0.05) is 13.1 Å². The van der Waals surface area contributed by atoms with Gasteiger partial charge in [-0.1, -0.05) is 19.9 Å². The molecule has 94 valence electrons. The van der Waals surface area contributed by atoms with Crippen molar-refractivity contribution in [3.63, 3.8) is 0 Å². The van der Waals surface area contributed by atoms with Gasteiger partial charge in [-0.2, -0.15) is 0 Å². The van der Waals surface area contributed by atoms with Gasteiger partial charge >= 0.3 is 5.97 Å². The van der Waals surface area contributed by atoms with Crippen LogP contribution in [0.2, 0.25) is 0 Å². The smallest absolute Gasteiger partial charge is 0.337 e. The molecule has 0 bridgehead atoms. The summed E-state index contributed by atoms with van der Waals surface area (Å²) in [6.45, 7) is 4.01. The van der Waals surface area contributed by atoms with Crippen LogP contribution >= 0.6 is 0 Å². The molecule has 0 fully saturated rings. The van der Waals surface area contributed by atoms with Gasteiger partial charge in [0.05, 0.1) is 11.3 Å². The Kier molecular flexibility index (Phi) is 4.49. The molecule has 0 heterocycles. The maximum absolute atomic E-state index is 13.8. The largest absolute Gasteiger partial charge is 0.478 e. The van der Waals surface area contributed by atoms with Gasteiger partial charge < -0.3 is 10.0 Å². The highest BCUT2D eigenvalue weighted by Crippen LogP contribution is 2.26. The Morgan fingerprint density at radius 1 is 1.41 bits per heavy atom. The highest BCUT2D eigenvalue weighted by Gasteiger charge is 2.21. The fourth-order valence-corrected chi connectivity index (χ4v) is 2.07. The van der Waals surface area contributed by atoms with E-state index in [2.05, 4.69) is 0 Å². The fraction of sp³-hybridized carbons (Fsp3) is 0.462. The van der Waals surface area contributed by atoms with E-state index in [1.807, 2.05) is 13.8 Å². The van der Waals surface area contributed by atoms with Crippen molar-refractivity contribution in [3.8, 4) is 0 Å². The van der Waals surface area contributed by atoms with Gasteiger partial charge in [-0.05, 0) is 25.0 Å². The van der Waals surface area contributed by atoms with E-state index in [1.54, 1.807) is 11.9 Å². The summed E-state index contributed by atoms with van der Waals surface area (Å²) in [5.41, 5.74) is 0.188. The number of anilines is 1. The van der Waals surface area contributed by atoms with Crippen LogP contribution in [0.3, 0.4) is 0 Å². The third kappa shape index (κ3) is 2.75. The number of carbonyl (C=O) groups is 1. The number of para-hydroxylation sites is 1. The molecule has 0 atom stereocenters. The molecule has 0 radical (unpaired) electrons. The summed E-state index contributed by atoms with van der Waals surface area (Å²) < 4.78 is 13.8. The van der Waals surface area contributed by atoms with E-state index in [0.717, 1.165) is 12.8 Å². The van der Waals surface area contributed by atoms with Crippen LogP contribution < -0.4 is 4.90 Å². The predicted octanol–water partition coefficient (Wildman–Crippen LogP) is 3.15. The van der Waals surface area contributed by atoms with Crippen LogP contribution in [0.1, 0.15) is 37.0 Å². The quantitative estimate of drug-likeness (QED) is 0.858. The van der Waals surface area contributed by atoms with Crippen molar-refractivity contribution < 1.29 is 14.3 Å². The zero-order chi connectivity index (χ0) is 13.0. The number of carboxylic acid groups (broad SMARTS) is 1. The number of benzene rings is 1. The van der Waals surface area contributed by atoms with Crippen LogP contribution in [0.25, 0.3) is 0 Å². The molecule has 0 saturated heterocycles. The Hall–Kier alpha value is -1.58. The monoisotopic (exact) mass is 239 g/mol. The maximum atomic E-state index is 13.8. The molecule has 1 N–H and O–H groups in total. The maximum Gasteiger partial charge on any atom is 0.337 e. The van der Waals surface area contributed by atoms with Gasteiger partial charge in [0.25, 0.3) is 0 Å². The number of nitrogens with zero attached hydrogens (tertiary/aromatic N) is 1. The van der Waals surface area contributed by atoms with Crippen molar-refractivity contribution in [2.45, 2.75) is 32.7 Å². The molecule has 0 aliphatic rings. The van der Waals surface area contributed by atoms with Gasteiger partial charge in [-0.25, -0.2) is 9.18 Å². The first-order valence-corrected chi connectivity index (χ1v) is 5.77. The number of aromatic carboxylic acids is 1. The van der Waals surface area contributed by atoms with Crippen molar-refractivity contribution >= 4 is 11.7 Å². The summed E-state index contributed by atoms with van der Waals surface area (Å²) in [5.74, 6) is -1.59. The number of hydrogen-bond donors (Lipinski definition) is 1. The molecule has 17 heavy (non-hydrogen) atoms. The third-order valence-corrected chi connectivity index (χ3v) is 3.06. The second-order valence-corrected chi connectivity index (χ2v) is 4.02. The second kappa shape index (κ2) is 5.66. The first-order chi connectivity index (χ1) is 8.02. The Labute approximate surface area is 101 Å². The predicted molar refractivity (Wildman–Crippen MR) is 66.1 cm³/mol. The number of rotatable bonds is 5. The minimum Gasteiger partial charge on any atom is -0.478 e. The van der Waals surface area contributed by atoms with Crippen molar-refractivity contribution in [2.24, 2.45) is 0 Å². The van der Waals surface area contributed by atoms with Gasteiger partial charge in [-0.15, -0.1) is 0 Å². The average molecular weight is 239 g/mol. The molecule has 1 rings (SSSR count). The van der Waals surface area contributed by atoms with E-state index in [0.29, 0.717) is 0 Å². The van der Waals surface area contributed by atoms with Crippen molar-refractivity contribution in [1.29, 1.82) is 0 Å². The SMILES string of the molecule is CCC(CC)N(C)c1c(F)cccc1C(=O)O. The molecule has 4 heteroatoms. The molecule has 0 unspecified atom stereocenters. The Bertz CT molecular complexity index is 402. The lowest BCUT2D eigenvalue weighted by atomic mass is 10.1. The number of carboxylic acids is 1. The number of halogens is 1. The van der Waals surface area contributed by atoms with Gasteiger partial charge in [0.15, 0.2) is 0 Å². The lowest BCUT2D eigenvalue weighted by Crippen LogP contribution is -2.32. The summed E-state index contributed by atoms with van der Waals surface area (Å²) in [6.07, 6.45) is 1.70. The molecular formula is C13H18FNO2. The van der Waals surface area contributed by atoms with Crippen LogP contribution in [0.4, 0.5) is 10.1 Å². The highest BCUT2D eigenvalue weighted by molar-refractivity contribution is 5.94. The van der Waals surface area contributed by atoms with Crippen LogP contribution in [0, 0.1) is 5.82 Å². The molecule has 1 aromatic rings. The van der Waals surface area contributed by atoms with E-state index in [1.165, 1.54) is 18.2 Å². The molecular weight excluding hydrogens is 221 g/mol. The highest BCUT2D eigenvalue weighted by atomic mass is 19.1. The zero-order valence-electron chi connectivity index (χ0n) is 10.4. The Balaban J connectivity index is 3.23. The molecule has 0 amide bonds. The molecule has 0 aliphatic carbocycles. The molecule has 0 spiro atoms. The van der Waals surface area contributed by atoms with Crippen LogP contribution in [-0.2, 0) is 0 Å². The van der Waals surface area contributed by atoms with Crippen LogP contribution in [-0.4, -0.2) is 24.2 Å². The van der Waals surface area contributed by atoms with Gasteiger partial charge in [0.2, 0.25) is 0 Å². The van der Waals surface area contributed by atoms with Crippen LogP contribution in [0.5, 0.6) is 0 Å². The Morgan fingerprint density at radius 2 is 2.00 bits per heavy atom. The lowest BCUT2D eigenvalue weighted by molar-refractivity contribution is 0.0697. The van der Waals surface area contributed by atoms with Crippen molar-refractivity contribution in [2.75, 3.05) is 11.9 Å². The van der Waals surface area contributed by atoms with Gasteiger partial charge in [-0.3, -0.25) is 0 Å². The molecule has 0 saturated carbocycles. The third-order valence-electron chi connectivity index (χ3n) is 3.06. The molecule has 0 aliphatic heterocycles. The summed E-state index contributed by atoms with van der Waals surface area (Å²) in [5, 5.41) is 9.07. The second-order valence-electron chi connectivity index (χ2n) is 4.02. The first kappa shape index (κ1) is 13.5. The fourth-order valence-electron chi connectivity index (χ4n) is 2.07. The lowest BCUT2D eigenvalue weighted by Gasteiger charge is -2.29. The minimum absolute atomic E-state index is 0.0133. The Morgan fingerprint density at radius 3 is 2.47 bits per heavy atom. The summed E-state index contributed by atoms with van der Waals surface area (Å²) >= 11 is 0.